The van der Waals surface area contributed by atoms with Gasteiger partial charge in [-0.1, -0.05) is 20.3 Å². The summed E-state index contributed by atoms with van der Waals surface area (Å²) in [5, 5.41) is 3.13. The molecular weight excluding hydrogens is 230 g/mol. The highest BCUT2D eigenvalue weighted by atomic mass is 19.3. The predicted molar refractivity (Wildman–Crippen MR) is 59.8 cm³/mol. The number of nitrogens with one attached hydrogen (secondary N) is 1. The minimum Gasteiger partial charge on any atom is -0.374 e. The molecule has 6 heteroatoms. The molecule has 1 saturated heterocycles. The van der Waals surface area contributed by atoms with E-state index in [1.54, 1.807) is 4.90 Å². The Morgan fingerprint density at radius 1 is 1.59 bits per heavy atom. The number of nitrogens with zero attached hydrogens (tertiary/aromatic N) is 1. The van der Waals surface area contributed by atoms with Crippen LogP contribution in [0.5, 0.6) is 0 Å². The van der Waals surface area contributed by atoms with Gasteiger partial charge in [-0.05, 0) is 5.92 Å². The Morgan fingerprint density at radius 3 is 2.88 bits per heavy atom. The second-order valence-electron chi connectivity index (χ2n) is 4.29. The number of rotatable bonds is 7. The van der Waals surface area contributed by atoms with Crippen molar-refractivity contribution in [2.24, 2.45) is 5.92 Å². The highest BCUT2D eigenvalue weighted by Gasteiger charge is 2.33. The summed E-state index contributed by atoms with van der Waals surface area (Å²) in [6.07, 6.45) is -1.52. The van der Waals surface area contributed by atoms with Crippen LogP contribution in [0, 0.1) is 5.92 Å². The van der Waals surface area contributed by atoms with Gasteiger partial charge in [0.15, 0.2) is 0 Å². The van der Waals surface area contributed by atoms with Gasteiger partial charge in [0, 0.05) is 6.54 Å². The molecule has 0 spiro atoms. The van der Waals surface area contributed by atoms with Gasteiger partial charge in [-0.25, -0.2) is 8.78 Å². The van der Waals surface area contributed by atoms with Crippen molar-refractivity contribution in [3.8, 4) is 0 Å². The third-order valence-electron chi connectivity index (χ3n) is 3.04. The number of carbonyl (C=O) groups excluding carboxylic acids is 1. The zero-order chi connectivity index (χ0) is 12.8. The molecule has 0 aromatic carbocycles. The molecule has 1 rings (SSSR count). The van der Waals surface area contributed by atoms with Gasteiger partial charge in [0.1, 0.15) is 6.61 Å². The van der Waals surface area contributed by atoms with E-state index in [-0.39, 0.29) is 24.5 Å². The van der Waals surface area contributed by atoms with Crippen molar-refractivity contribution in [3.05, 3.63) is 0 Å². The van der Waals surface area contributed by atoms with Crippen LogP contribution in [0.15, 0.2) is 0 Å². The van der Waals surface area contributed by atoms with Crippen LogP contribution >= 0.6 is 0 Å². The smallest absolute Gasteiger partial charge is 0.261 e. The van der Waals surface area contributed by atoms with Gasteiger partial charge in [-0.2, -0.15) is 0 Å². The second-order valence-corrected chi connectivity index (χ2v) is 4.29. The number of hydrogen-bond donors (Lipinski definition) is 1. The molecule has 0 radical (unpaired) electrons. The number of amides is 1. The number of halogens is 2. The largest absolute Gasteiger partial charge is 0.374 e. The van der Waals surface area contributed by atoms with Crippen molar-refractivity contribution in [1.82, 2.24) is 10.2 Å². The monoisotopic (exact) mass is 250 g/mol. The first-order chi connectivity index (χ1) is 8.06. The fraction of sp³-hybridized carbons (Fsp3) is 0.909. The summed E-state index contributed by atoms with van der Waals surface area (Å²) in [6.45, 7) is 4.49. The van der Waals surface area contributed by atoms with E-state index < -0.39 is 13.0 Å². The summed E-state index contributed by atoms with van der Waals surface area (Å²) in [5.74, 6) is 0.328. The van der Waals surface area contributed by atoms with Gasteiger partial charge in [0.05, 0.1) is 19.3 Å². The minimum absolute atomic E-state index is 0.0417. The van der Waals surface area contributed by atoms with E-state index in [2.05, 4.69) is 5.32 Å². The first-order valence-electron chi connectivity index (χ1n) is 5.94. The summed E-state index contributed by atoms with van der Waals surface area (Å²) in [6, 6.07) is -0.143. The van der Waals surface area contributed by atoms with Gasteiger partial charge >= 0.3 is 0 Å². The number of ether oxygens (including phenoxy) is 1. The standard InChI is InChI=1S/C11H20F2N2O2/c1-3-8(2)10-11(16)15(7-14-10)4-5-17-6-9(12)13/h8-10,14H,3-7H2,1-2H3. The fourth-order valence-corrected chi connectivity index (χ4v) is 1.79. The van der Waals surface area contributed by atoms with Gasteiger partial charge < -0.3 is 9.64 Å². The molecule has 2 unspecified atom stereocenters. The Kier molecular flexibility index (Phi) is 5.77. The predicted octanol–water partition coefficient (Wildman–Crippen LogP) is 1.07. The Bertz CT molecular complexity index is 252. The summed E-state index contributed by atoms with van der Waals surface area (Å²) in [4.78, 5) is 13.5. The Morgan fingerprint density at radius 2 is 2.29 bits per heavy atom. The van der Waals surface area contributed by atoms with E-state index in [4.69, 9.17) is 4.74 Å². The van der Waals surface area contributed by atoms with E-state index >= 15 is 0 Å². The molecule has 0 aromatic rings. The van der Waals surface area contributed by atoms with Crippen molar-refractivity contribution < 1.29 is 18.3 Å². The lowest BCUT2D eigenvalue weighted by atomic mass is 9.99. The van der Waals surface area contributed by atoms with Crippen molar-refractivity contribution >= 4 is 5.91 Å². The fourth-order valence-electron chi connectivity index (χ4n) is 1.79. The Labute approximate surface area is 100 Å². The van der Waals surface area contributed by atoms with Crippen molar-refractivity contribution in [1.29, 1.82) is 0 Å². The highest BCUT2D eigenvalue weighted by molar-refractivity contribution is 5.84. The maximum absolute atomic E-state index is 11.9. The molecule has 1 N–H and O–H groups in total. The average molecular weight is 250 g/mol. The third kappa shape index (κ3) is 4.20. The van der Waals surface area contributed by atoms with Crippen LogP contribution in [-0.2, 0) is 9.53 Å². The molecule has 0 aromatic heterocycles. The third-order valence-corrected chi connectivity index (χ3v) is 3.04. The number of carbonyl (C=O) groups is 1. The van der Waals surface area contributed by atoms with Crippen LogP contribution in [0.4, 0.5) is 8.78 Å². The normalized spacial score (nSPS) is 22.5. The quantitative estimate of drug-likeness (QED) is 0.687. The second kappa shape index (κ2) is 6.86. The maximum Gasteiger partial charge on any atom is 0.261 e. The molecule has 2 atom stereocenters. The van der Waals surface area contributed by atoms with Crippen molar-refractivity contribution in [2.75, 3.05) is 26.4 Å². The molecule has 1 aliphatic heterocycles. The molecule has 0 bridgehead atoms. The highest BCUT2D eigenvalue weighted by Crippen LogP contribution is 2.14. The molecule has 1 amide bonds. The van der Waals surface area contributed by atoms with Gasteiger partial charge in [0.25, 0.3) is 6.43 Å². The van der Waals surface area contributed by atoms with Gasteiger partial charge in [-0.15, -0.1) is 0 Å². The van der Waals surface area contributed by atoms with E-state index in [9.17, 15) is 13.6 Å². The Balaban J connectivity index is 2.25. The van der Waals surface area contributed by atoms with Crippen LogP contribution in [0.1, 0.15) is 20.3 Å². The van der Waals surface area contributed by atoms with Crippen molar-refractivity contribution in [3.63, 3.8) is 0 Å². The molecule has 1 heterocycles. The maximum atomic E-state index is 11.9. The zero-order valence-corrected chi connectivity index (χ0v) is 10.3. The van der Waals surface area contributed by atoms with Crippen LogP contribution in [0.2, 0.25) is 0 Å². The van der Waals surface area contributed by atoms with Gasteiger partial charge in [0.2, 0.25) is 5.91 Å². The van der Waals surface area contributed by atoms with Crippen LogP contribution < -0.4 is 5.32 Å². The molecule has 0 aliphatic carbocycles. The molecule has 17 heavy (non-hydrogen) atoms. The summed E-state index contributed by atoms with van der Waals surface area (Å²) in [5.41, 5.74) is 0. The molecule has 0 saturated carbocycles. The SMILES string of the molecule is CCC(C)C1NCN(CCOCC(F)F)C1=O. The van der Waals surface area contributed by atoms with E-state index in [1.165, 1.54) is 0 Å². The lowest BCUT2D eigenvalue weighted by Crippen LogP contribution is -2.36. The van der Waals surface area contributed by atoms with Crippen LogP contribution in [0.3, 0.4) is 0 Å². The zero-order valence-electron chi connectivity index (χ0n) is 10.3. The molecule has 1 aliphatic rings. The lowest BCUT2D eigenvalue weighted by Gasteiger charge is -2.17. The van der Waals surface area contributed by atoms with Crippen molar-refractivity contribution in [2.45, 2.75) is 32.7 Å². The molecule has 4 nitrogen and oxygen atoms in total. The van der Waals surface area contributed by atoms with E-state index in [0.717, 1.165) is 6.42 Å². The van der Waals surface area contributed by atoms with E-state index in [1.807, 2.05) is 13.8 Å². The van der Waals surface area contributed by atoms with Crippen LogP contribution in [0.25, 0.3) is 0 Å². The first-order valence-corrected chi connectivity index (χ1v) is 5.94. The molecular formula is C11H20F2N2O2. The summed E-state index contributed by atoms with van der Waals surface area (Å²) < 4.78 is 28.4. The number of alkyl halides is 2. The Hall–Kier alpha value is -0.750. The van der Waals surface area contributed by atoms with E-state index in [0.29, 0.717) is 13.2 Å². The summed E-state index contributed by atoms with van der Waals surface area (Å²) >= 11 is 0. The number of hydrogen-bond acceptors (Lipinski definition) is 3. The molecule has 100 valence electrons. The minimum atomic E-state index is -2.45. The van der Waals surface area contributed by atoms with Gasteiger partial charge in [-0.3, -0.25) is 10.1 Å². The van der Waals surface area contributed by atoms with Crippen LogP contribution in [-0.4, -0.2) is 49.7 Å². The lowest BCUT2D eigenvalue weighted by molar-refractivity contribution is -0.130. The average Bonchev–Trinajstić information content (AvgIpc) is 2.65. The first kappa shape index (κ1) is 14.3. The summed E-state index contributed by atoms with van der Waals surface area (Å²) in [7, 11) is 0. The topological polar surface area (TPSA) is 41.6 Å². The molecule has 1 fully saturated rings.